The predicted octanol–water partition coefficient (Wildman–Crippen LogP) is 8.12. The molecule has 4 nitrogen and oxygen atoms in total. The van der Waals surface area contributed by atoms with Gasteiger partial charge in [-0.05, 0) is 86.4 Å². The number of rotatable bonds is 8. The van der Waals surface area contributed by atoms with E-state index in [1.54, 1.807) is 0 Å². The minimum Gasteiger partial charge on any atom is -0.355 e. The van der Waals surface area contributed by atoms with Crippen molar-refractivity contribution in [3.8, 4) is 0 Å². The molecule has 5 rings (SSSR count). The minimum atomic E-state index is 0.966. The molecule has 34 heavy (non-hydrogen) atoms. The van der Waals surface area contributed by atoms with E-state index in [4.69, 9.17) is 9.97 Å². The summed E-state index contributed by atoms with van der Waals surface area (Å²) in [6.45, 7) is 4.50. The molecular weight excluding hydrogens is 416 g/mol. The maximum Gasteiger partial charge on any atom is 0.0690 e. The zero-order valence-corrected chi connectivity index (χ0v) is 20.3. The minimum absolute atomic E-state index is 0.966. The summed E-state index contributed by atoms with van der Waals surface area (Å²) < 4.78 is 0. The van der Waals surface area contributed by atoms with E-state index in [1.165, 1.54) is 49.7 Å². The summed E-state index contributed by atoms with van der Waals surface area (Å²) in [5.74, 6) is 0. The van der Waals surface area contributed by atoms with Gasteiger partial charge in [0, 0.05) is 33.2 Å². The second kappa shape index (κ2) is 10.3. The van der Waals surface area contributed by atoms with Crippen LogP contribution in [0.4, 0.5) is 0 Å². The van der Waals surface area contributed by atoms with Crippen molar-refractivity contribution in [2.24, 2.45) is 0 Å². The summed E-state index contributed by atoms with van der Waals surface area (Å²) in [6.07, 6.45) is 17.8. The lowest BCUT2D eigenvalue weighted by Crippen LogP contribution is -1.92. The SMILES string of the molecule is CCCCCc1c2nc(cc3nc(c(CCCCC)c4ccc(cc5ccc1[nH]5)[nH]4)C=C3)C=C2. The fourth-order valence-electron chi connectivity index (χ4n) is 4.82. The molecule has 4 heteroatoms. The molecule has 0 radical (unpaired) electrons. The van der Waals surface area contributed by atoms with Crippen LogP contribution in [0, 0.1) is 0 Å². The van der Waals surface area contributed by atoms with Crippen molar-refractivity contribution in [1.29, 1.82) is 0 Å². The van der Waals surface area contributed by atoms with Gasteiger partial charge in [-0.3, -0.25) is 0 Å². The van der Waals surface area contributed by atoms with Gasteiger partial charge >= 0.3 is 0 Å². The van der Waals surface area contributed by atoms with Gasteiger partial charge in [-0.15, -0.1) is 0 Å². The van der Waals surface area contributed by atoms with E-state index in [1.807, 2.05) is 0 Å². The molecule has 0 atom stereocenters. The van der Waals surface area contributed by atoms with Gasteiger partial charge in [-0.25, -0.2) is 9.97 Å². The zero-order chi connectivity index (χ0) is 23.3. The van der Waals surface area contributed by atoms with Crippen LogP contribution in [0.2, 0.25) is 0 Å². The quantitative estimate of drug-likeness (QED) is 0.234. The number of hydrogen-bond acceptors (Lipinski definition) is 2. The van der Waals surface area contributed by atoms with Gasteiger partial charge in [0.05, 0.1) is 22.8 Å². The molecule has 2 aliphatic heterocycles. The smallest absolute Gasteiger partial charge is 0.0690 e. The predicted molar refractivity (Wildman–Crippen MR) is 145 cm³/mol. The van der Waals surface area contributed by atoms with Crippen LogP contribution in [-0.4, -0.2) is 19.9 Å². The molecule has 2 aliphatic rings. The van der Waals surface area contributed by atoms with E-state index in [2.05, 4.69) is 84.5 Å². The molecule has 0 unspecified atom stereocenters. The molecule has 0 amide bonds. The third-order valence-electron chi connectivity index (χ3n) is 6.68. The first-order chi connectivity index (χ1) is 16.7. The second-order valence-electron chi connectivity index (χ2n) is 9.33. The average molecular weight is 451 g/mol. The zero-order valence-electron chi connectivity index (χ0n) is 20.3. The largest absolute Gasteiger partial charge is 0.355 e. The van der Waals surface area contributed by atoms with Crippen LogP contribution in [-0.2, 0) is 12.8 Å². The molecule has 5 heterocycles. The van der Waals surface area contributed by atoms with Crippen LogP contribution in [0.15, 0.2) is 36.4 Å². The number of nitrogens with zero attached hydrogens (tertiary/aromatic N) is 2. The lowest BCUT2D eigenvalue weighted by atomic mass is 10.1. The van der Waals surface area contributed by atoms with E-state index in [0.29, 0.717) is 0 Å². The first-order valence-electron chi connectivity index (χ1n) is 12.8. The van der Waals surface area contributed by atoms with Crippen LogP contribution in [0.1, 0.15) is 86.3 Å². The van der Waals surface area contributed by atoms with Crippen LogP contribution >= 0.6 is 0 Å². The van der Waals surface area contributed by atoms with E-state index in [-0.39, 0.29) is 0 Å². The molecule has 3 aromatic rings. The Hall–Kier alpha value is -3.40. The summed E-state index contributed by atoms with van der Waals surface area (Å²) in [6, 6.07) is 13.0. The molecule has 0 saturated carbocycles. The van der Waals surface area contributed by atoms with Gasteiger partial charge in [0.25, 0.3) is 0 Å². The number of fused-ring (bicyclic) bond motifs is 8. The summed E-state index contributed by atoms with van der Waals surface area (Å²) in [5, 5.41) is 0. The Morgan fingerprint density at radius 1 is 0.588 bits per heavy atom. The highest BCUT2D eigenvalue weighted by molar-refractivity contribution is 5.80. The lowest BCUT2D eigenvalue weighted by Gasteiger charge is -2.03. The number of aromatic amines is 2. The van der Waals surface area contributed by atoms with Gasteiger partial charge < -0.3 is 9.97 Å². The molecule has 3 aromatic heterocycles. The van der Waals surface area contributed by atoms with E-state index >= 15 is 0 Å². The third kappa shape index (κ3) is 4.91. The van der Waals surface area contributed by atoms with Crippen molar-refractivity contribution in [2.75, 3.05) is 0 Å². The summed E-state index contributed by atoms with van der Waals surface area (Å²) in [7, 11) is 0. The Balaban J connectivity index is 1.73. The van der Waals surface area contributed by atoms with Crippen molar-refractivity contribution in [3.63, 3.8) is 0 Å². The third-order valence-corrected chi connectivity index (χ3v) is 6.68. The highest BCUT2D eigenvalue weighted by atomic mass is 14.8. The Labute approximate surface area is 201 Å². The highest BCUT2D eigenvalue weighted by Gasteiger charge is 2.11. The van der Waals surface area contributed by atoms with Gasteiger partial charge in [0.15, 0.2) is 0 Å². The number of hydrogen-bond donors (Lipinski definition) is 2. The number of aromatic nitrogens is 4. The Morgan fingerprint density at radius 2 is 1.09 bits per heavy atom. The molecule has 0 fully saturated rings. The maximum absolute atomic E-state index is 4.98. The highest BCUT2D eigenvalue weighted by Crippen LogP contribution is 2.25. The lowest BCUT2D eigenvalue weighted by molar-refractivity contribution is 0.717. The Bertz CT molecular complexity index is 1280. The molecule has 0 spiro atoms. The first-order valence-corrected chi connectivity index (χ1v) is 12.8. The molecular formula is C30H34N4. The number of unbranched alkanes of at least 4 members (excludes halogenated alkanes) is 4. The first kappa shape index (κ1) is 22.4. The monoisotopic (exact) mass is 450 g/mol. The number of nitrogens with one attached hydrogen (secondary N) is 2. The average Bonchev–Trinajstić information content (AvgIpc) is 3.63. The van der Waals surface area contributed by atoms with Gasteiger partial charge in [0.2, 0.25) is 0 Å². The normalized spacial score (nSPS) is 12.5. The molecule has 0 aliphatic carbocycles. The number of aryl methyl sites for hydroxylation is 2. The molecule has 0 saturated heterocycles. The maximum atomic E-state index is 4.98. The van der Waals surface area contributed by atoms with Gasteiger partial charge in [0.1, 0.15) is 0 Å². The summed E-state index contributed by atoms with van der Waals surface area (Å²) in [5.41, 5.74) is 11.1. The van der Waals surface area contributed by atoms with Crippen LogP contribution < -0.4 is 0 Å². The second-order valence-corrected chi connectivity index (χ2v) is 9.33. The Morgan fingerprint density at radius 3 is 1.56 bits per heavy atom. The fraction of sp³-hybridized carbons (Fsp3) is 0.333. The van der Waals surface area contributed by atoms with Gasteiger partial charge in [-0.2, -0.15) is 0 Å². The van der Waals surface area contributed by atoms with Crippen molar-refractivity contribution in [1.82, 2.24) is 19.9 Å². The van der Waals surface area contributed by atoms with Crippen LogP contribution in [0.3, 0.4) is 0 Å². The fourth-order valence-corrected chi connectivity index (χ4v) is 4.82. The Kier molecular flexibility index (Phi) is 6.75. The molecule has 8 bridgehead atoms. The van der Waals surface area contributed by atoms with Crippen LogP contribution in [0.5, 0.6) is 0 Å². The number of H-pyrrole nitrogens is 2. The topological polar surface area (TPSA) is 57.4 Å². The molecule has 0 aromatic carbocycles. The van der Waals surface area contributed by atoms with Gasteiger partial charge in [-0.1, -0.05) is 39.5 Å². The molecule has 2 N–H and O–H groups in total. The van der Waals surface area contributed by atoms with Crippen molar-refractivity contribution in [3.05, 3.63) is 70.3 Å². The van der Waals surface area contributed by atoms with E-state index < -0.39 is 0 Å². The standard InChI is InChI=1S/C30H34N4/c1-3-5-7-9-25-27-15-11-21(31-27)19-23-13-17-29(33-23)26(10-8-6-4-2)30-18-14-24(34-30)20-22-12-16-28(25)32-22/h11-20,31,33H,3-10H2,1-2H3. The van der Waals surface area contributed by atoms with E-state index in [0.717, 1.165) is 57.7 Å². The van der Waals surface area contributed by atoms with Crippen molar-refractivity contribution in [2.45, 2.75) is 65.2 Å². The van der Waals surface area contributed by atoms with E-state index in [9.17, 15) is 0 Å². The van der Waals surface area contributed by atoms with Crippen LogP contribution in [0.25, 0.3) is 46.4 Å². The summed E-state index contributed by atoms with van der Waals surface area (Å²) in [4.78, 5) is 17.2. The molecule has 174 valence electrons. The van der Waals surface area contributed by atoms with Crippen molar-refractivity contribution < 1.29 is 0 Å². The summed E-state index contributed by atoms with van der Waals surface area (Å²) >= 11 is 0. The van der Waals surface area contributed by atoms with Crippen molar-refractivity contribution >= 4 is 46.4 Å².